The fourth-order valence-corrected chi connectivity index (χ4v) is 2.23. The molecule has 1 unspecified atom stereocenters. The Labute approximate surface area is 115 Å². The number of ether oxygens (including phenoxy) is 1. The van der Waals surface area contributed by atoms with Gasteiger partial charge < -0.3 is 10.1 Å². The topological polar surface area (TPSA) is 56.1 Å². The third-order valence-corrected chi connectivity index (χ3v) is 4.10. The molecular weight excluding hydrogens is 298 g/mol. The minimum absolute atomic E-state index is 0.129. The molecule has 1 fully saturated rings. The van der Waals surface area contributed by atoms with E-state index in [2.05, 4.69) is 40.2 Å². The molecule has 1 aromatic heterocycles. The smallest absolute Gasteiger partial charge is 0.283 e. The molecule has 0 saturated heterocycles. The van der Waals surface area contributed by atoms with Gasteiger partial charge >= 0.3 is 0 Å². The first-order valence-electron chi connectivity index (χ1n) is 5.97. The zero-order valence-electron chi connectivity index (χ0n) is 10.9. The number of hydrogen-bond acceptors (Lipinski definition) is 4. The van der Waals surface area contributed by atoms with Crippen LogP contribution in [0.5, 0.6) is 0 Å². The molecule has 1 aliphatic rings. The number of nitrogens with zero attached hydrogens (tertiary/aromatic N) is 2. The van der Waals surface area contributed by atoms with Gasteiger partial charge in [0.15, 0.2) is 0 Å². The number of rotatable bonds is 5. The van der Waals surface area contributed by atoms with E-state index in [0.717, 1.165) is 12.1 Å². The molecule has 0 spiro atoms. The molecule has 6 heteroatoms. The Morgan fingerprint density at radius 1 is 1.67 bits per heavy atom. The van der Waals surface area contributed by atoms with Crippen LogP contribution in [-0.2, 0) is 11.3 Å². The second kappa shape index (κ2) is 5.01. The SMILES string of the molecule is COCCn1ncc(NC2CC2(C)C)c(Br)c1=O. The second-order valence-corrected chi connectivity index (χ2v) is 6.08. The summed E-state index contributed by atoms with van der Waals surface area (Å²) in [5.74, 6) is 0. The largest absolute Gasteiger partial charge is 0.383 e. The average Bonchev–Trinajstić information content (AvgIpc) is 2.92. The summed E-state index contributed by atoms with van der Waals surface area (Å²) in [7, 11) is 1.60. The van der Waals surface area contributed by atoms with Gasteiger partial charge in [-0.1, -0.05) is 13.8 Å². The zero-order chi connectivity index (χ0) is 13.3. The second-order valence-electron chi connectivity index (χ2n) is 5.28. The maximum Gasteiger partial charge on any atom is 0.283 e. The molecule has 1 aliphatic carbocycles. The molecule has 100 valence electrons. The van der Waals surface area contributed by atoms with E-state index < -0.39 is 0 Å². The van der Waals surface area contributed by atoms with Gasteiger partial charge in [-0.15, -0.1) is 0 Å². The Kier molecular flexibility index (Phi) is 3.77. The molecule has 1 N–H and O–H groups in total. The van der Waals surface area contributed by atoms with E-state index in [-0.39, 0.29) is 5.56 Å². The lowest BCUT2D eigenvalue weighted by molar-refractivity contribution is 0.181. The fraction of sp³-hybridized carbons (Fsp3) is 0.667. The van der Waals surface area contributed by atoms with E-state index in [1.54, 1.807) is 13.3 Å². The summed E-state index contributed by atoms with van der Waals surface area (Å²) in [4.78, 5) is 12.0. The van der Waals surface area contributed by atoms with Crippen molar-refractivity contribution in [3.05, 3.63) is 21.0 Å². The summed E-state index contributed by atoms with van der Waals surface area (Å²) >= 11 is 3.34. The Morgan fingerprint density at radius 3 is 2.89 bits per heavy atom. The van der Waals surface area contributed by atoms with Crippen LogP contribution in [0.2, 0.25) is 0 Å². The van der Waals surface area contributed by atoms with Crippen molar-refractivity contribution in [3.63, 3.8) is 0 Å². The Morgan fingerprint density at radius 2 is 2.33 bits per heavy atom. The van der Waals surface area contributed by atoms with Crippen LogP contribution in [0.15, 0.2) is 15.5 Å². The molecule has 0 radical (unpaired) electrons. The van der Waals surface area contributed by atoms with Gasteiger partial charge in [-0.25, -0.2) is 4.68 Å². The predicted octanol–water partition coefficient (Wildman–Crippen LogP) is 1.86. The van der Waals surface area contributed by atoms with Crippen LogP contribution < -0.4 is 10.9 Å². The third-order valence-electron chi connectivity index (χ3n) is 3.34. The lowest BCUT2D eigenvalue weighted by Gasteiger charge is -2.11. The van der Waals surface area contributed by atoms with Gasteiger partial charge in [-0.05, 0) is 27.8 Å². The summed E-state index contributed by atoms with van der Waals surface area (Å²) < 4.78 is 6.88. The lowest BCUT2D eigenvalue weighted by Crippen LogP contribution is -2.26. The van der Waals surface area contributed by atoms with E-state index in [4.69, 9.17) is 4.74 Å². The van der Waals surface area contributed by atoms with Crippen LogP contribution in [0, 0.1) is 5.41 Å². The minimum Gasteiger partial charge on any atom is -0.383 e. The summed E-state index contributed by atoms with van der Waals surface area (Å²) in [6.45, 7) is 5.34. The van der Waals surface area contributed by atoms with Crippen molar-refractivity contribution in [2.75, 3.05) is 19.0 Å². The molecule has 18 heavy (non-hydrogen) atoms. The van der Waals surface area contributed by atoms with Gasteiger partial charge in [0.25, 0.3) is 5.56 Å². The molecule has 1 atom stereocenters. The third kappa shape index (κ3) is 2.75. The van der Waals surface area contributed by atoms with Gasteiger partial charge in [0, 0.05) is 13.2 Å². The zero-order valence-corrected chi connectivity index (χ0v) is 12.5. The van der Waals surface area contributed by atoms with E-state index >= 15 is 0 Å². The van der Waals surface area contributed by atoms with Crippen LogP contribution >= 0.6 is 15.9 Å². The van der Waals surface area contributed by atoms with Crippen molar-refractivity contribution >= 4 is 21.6 Å². The van der Waals surface area contributed by atoms with Crippen molar-refractivity contribution in [2.24, 2.45) is 5.41 Å². The highest BCUT2D eigenvalue weighted by Gasteiger charge is 2.45. The molecule has 0 aliphatic heterocycles. The van der Waals surface area contributed by atoms with Crippen molar-refractivity contribution in [2.45, 2.75) is 32.9 Å². The Bertz CT molecular complexity index is 499. The molecule has 1 aromatic rings. The molecule has 0 amide bonds. The van der Waals surface area contributed by atoms with Crippen molar-refractivity contribution in [1.82, 2.24) is 9.78 Å². The first-order valence-corrected chi connectivity index (χ1v) is 6.76. The molecule has 1 saturated carbocycles. The molecule has 5 nitrogen and oxygen atoms in total. The predicted molar refractivity (Wildman–Crippen MR) is 73.9 cm³/mol. The highest BCUT2D eigenvalue weighted by molar-refractivity contribution is 9.10. The van der Waals surface area contributed by atoms with E-state index in [1.807, 2.05) is 0 Å². The molecular formula is C12H18BrN3O2. The van der Waals surface area contributed by atoms with Crippen LogP contribution in [0.4, 0.5) is 5.69 Å². The Balaban J connectivity index is 2.14. The monoisotopic (exact) mass is 315 g/mol. The average molecular weight is 316 g/mol. The first kappa shape index (κ1) is 13.5. The van der Waals surface area contributed by atoms with Gasteiger partial charge in [0.1, 0.15) is 4.47 Å². The highest BCUT2D eigenvalue weighted by atomic mass is 79.9. The number of methoxy groups -OCH3 is 1. The van der Waals surface area contributed by atoms with Crippen LogP contribution in [0.1, 0.15) is 20.3 Å². The van der Waals surface area contributed by atoms with Crippen molar-refractivity contribution < 1.29 is 4.74 Å². The number of anilines is 1. The van der Waals surface area contributed by atoms with Gasteiger partial charge in [0.2, 0.25) is 0 Å². The molecule has 0 aromatic carbocycles. The number of aromatic nitrogens is 2. The van der Waals surface area contributed by atoms with Crippen molar-refractivity contribution in [3.8, 4) is 0 Å². The molecule has 2 rings (SSSR count). The van der Waals surface area contributed by atoms with E-state index in [9.17, 15) is 4.79 Å². The van der Waals surface area contributed by atoms with E-state index in [1.165, 1.54) is 4.68 Å². The van der Waals surface area contributed by atoms with Gasteiger partial charge in [-0.2, -0.15) is 5.10 Å². The quantitative estimate of drug-likeness (QED) is 0.901. The van der Waals surface area contributed by atoms with E-state index in [0.29, 0.717) is 29.1 Å². The summed E-state index contributed by atoms with van der Waals surface area (Å²) in [5, 5.41) is 7.48. The molecule has 1 heterocycles. The summed E-state index contributed by atoms with van der Waals surface area (Å²) in [6.07, 6.45) is 2.81. The highest BCUT2D eigenvalue weighted by Crippen LogP contribution is 2.46. The first-order chi connectivity index (χ1) is 8.45. The summed E-state index contributed by atoms with van der Waals surface area (Å²) in [6, 6.07) is 0.421. The normalized spacial score (nSPS) is 20.8. The standard InChI is InChI=1S/C12H18BrN3O2/c1-12(2)6-9(12)15-8-7-14-16(4-5-18-3)11(17)10(8)13/h7,9,15H,4-6H2,1-3H3. The van der Waals surface area contributed by atoms with Gasteiger partial charge in [-0.3, -0.25) is 4.79 Å². The lowest BCUT2D eigenvalue weighted by atomic mass is 10.2. The minimum atomic E-state index is -0.129. The van der Waals surface area contributed by atoms with Crippen molar-refractivity contribution in [1.29, 1.82) is 0 Å². The van der Waals surface area contributed by atoms with Crippen LogP contribution in [-0.4, -0.2) is 29.5 Å². The number of halogens is 1. The Hall–Kier alpha value is -0.880. The van der Waals surface area contributed by atoms with Crippen LogP contribution in [0.3, 0.4) is 0 Å². The maximum atomic E-state index is 12.0. The van der Waals surface area contributed by atoms with Crippen LogP contribution in [0.25, 0.3) is 0 Å². The number of nitrogens with one attached hydrogen (secondary N) is 1. The fourth-order valence-electron chi connectivity index (χ4n) is 1.80. The summed E-state index contributed by atoms with van der Waals surface area (Å²) in [5.41, 5.74) is 0.949. The number of hydrogen-bond donors (Lipinski definition) is 1. The molecule has 0 bridgehead atoms. The van der Waals surface area contributed by atoms with Gasteiger partial charge in [0.05, 0.1) is 25.0 Å². The maximum absolute atomic E-state index is 12.0.